The SMILES string of the molecule is C[SiH](C)OCC/C(=C1/CNC1=O)C(C)(C)C. The third kappa shape index (κ3) is 3.45. The molecular weight excluding hydrogens is 218 g/mol. The molecule has 3 nitrogen and oxygen atoms in total. The van der Waals surface area contributed by atoms with Crippen LogP contribution in [0.4, 0.5) is 0 Å². The zero-order valence-electron chi connectivity index (χ0n) is 11.0. The molecule has 1 aliphatic heterocycles. The van der Waals surface area contributed by atoms with Crippen LogP contribution in [0.25, 0.3) is 0 Å². The Morgan fingerprint density at radius 3 is 2.38 bits per heavy atom. The molecule has 1 fully saturated rings. The molecule has 0 radical (unpaired) electrons. The lowest BCUT2D eigenvalue weighted by Gasteiger charge is -2.31. The second-order valence-electron chi connectivity index (χ2n) is 5.56. The highest BCUT2D eigenvalue weighted by molar-refractivity contribution is 6.48. The summed E-state index contributed by atoms with van der Waals surface area (Å²) in [7, 11) is -0.944. The molecule has 16 heavy (non-hydrogen) atoms. The van der Waals surface area contributed by atoms with Crippen molar-refractivity contribution >= 4 is 14.9 Å². The number of amides is 1. The first-order chi connectivity index (χ1) is 7.32. The van der Waals surface area contributed by atoms with Crippen molar-refractivity contribution in [3.63, 3.8) is 0 Å². The predicted octanol–water partition coefficient (Wildman–Crippen LogP) is 1.85. The quantitative estimate of drug-likeness (QED) is 0.463. The van der Waals surface area contributed by atoms with Gasteiger partial charge in [-0.3, -0.25) is 4.79 Å². The molecule has 0 atom stereocenters. The van der Waals surface area contributed by atoms with Crippen LogP contribution < -0.4 is 5.32 Å². The monoisotopic (exact) mass is 241 g/mol. The number of hydrogen-bond acceptors (Lipinski definition) is 2. The first-order valence-corrected chi connectivity index (χ1v) is 8.72. The van der Waals surface area contributed by atoms with E-state index in [-0.39, 0.29) is 11.3 Å². The standard InChI is InChI=1S/C12H23NO2Si/c1-12(2,3)10(6-7-15-16(4)5)9-8-13-11(9)14/h16H,6-8H2,1-5H3,(H,13,14)/b10-9+. The van der Waals surface area contributed by atoms with Gasteiger partial charge in [-0.25, -0.2) is 0 Å². The predicted molar refractivity (Wildman–Crippen MR) is 68.9 cm³/mol. The molecule has 0 aromatic carbocycles. The Hall–Kier alpha value is -0.613. The molecule has 1 saturated heterocycles. The Kier molecular flexibility index (Phi) is 4.33. The molecule has 1 heterocycles. The fraction of sp³-hybridized carbons (Fsp3) is 0.750. The molecule has 0 aliphatic carbocycles. The van der Waals surface area contributed by atoms with E-state index in [1.54, 1.807) is 0 Å². The van der Waals surface area contributed by atoms with Crippen LogP contribution in [0, 0.1) is 5.41 Å². The summed E-state index contributed by atoms with van der Waals surface area (Å²) in [4.78, 5) is 11.4. The van der Waals surface area contributed by atoms with E-state index in [4.69, 9.17) is 4.43 Å². The maximum absolute atomic E-state index is 11.4. The third-order valence-electron chi connectivity index (χ3n) is 2.77. The molecule has 0 unspecified atom stereocenters. The van der Waals surface area contributed by atoms with Crippen LogP contribution in [0.2, 0.25) is 13.1 Å². The molecule has 0 aromatic rings. The van der Waals surface area contributed by atoms with Gasteiger partial charge >= 0.3 is 0 Å². The van der Waals surface area contributed by atoms with Crippen LogP contribution in [0.3, 0.4) is 0 Å². The van der Waals surface area contributed by atoms with Gasteiger partial charge in [-0.15, -0.1) is 0 Å². The summed E-state index contributed by atoms with van der Waals surface area (Å²) >= 11 is 0. The fourth-order valence-corrected chi connectivity index (χ4v) is 2.46. The molecule has 4 heteroatoms. The van der Waals surface area contributed by atoms with Crippen molar-refractivity contribution < 1.29 is 9.22 Å². The molecule has 0 spiro atoms. The average molecular weight is 241 g/mol. The Morgan fingerprint density at radius 2 is 2.06 bits per heavy atom. The summed E-state index contributed by atoms with van der Waals surface area (Å²) in [6.45, 7) is 12.3. The maximum Gasteiger partial charge on any atom is 0.249 e. The minimum absolute atomic E-state index is 0.0645. The molecule has 1 aliphatic rings. The Balaban J connectivity index is 2.67. The number of nitrogens with one attached hydrogen (secondary N) is 1. The van der Waals surface area contributed by atoms with Crippen LogP contribution in [-0.2, 0) is 9.22 Å². The normalized spacial score (nSPS) is 19.5. The zero-order chi connectivity index (χ0) is 12.3. The van der Waals surface area contributed by atoms with Gasteiger partial charge in [-0.05, 0) is 24.9 Å². The van der Waals surface area contributed by atoms with Crippen molar-refractivity contribution in [3.8, 4) is 0 Å². The van der Waals surface area contributed by atoms with E-state index in [1.165, 1.54) is 5.57 Å². The Labute approximate surface area is 100.0 Å². The lowest BCUT2D eigenvalue weighted by molar-refractivity contribution is -0.120. The van der Waals surface area contributed by atoms with E-state index in [2.05, 4.69) is 39.2 Å². The minimum atomic E-state index is -0.944. The van der Waals surface area contributed by atoms with E-state index < -0.39 is 9.04 Å². The summed E-state index contributed by atoms with van der Waals surface area (Å²) in [6.07, 6.45) is 0.886. The van der Waals surface area contributed by atoms with E-state index in [1.807, 2.05) is 0 Å². The van der Waals surface area contributed by atoms with Gasteiger partial charge in [0.05, 0.1) is 0 Å². The van der Waals surface area contributed by atoms with E-state index >= 15 is 0 Å². The van der Waals surface area contributed by atoms with Crippen molar-refractivity contribution in [2.24, 2.45) is 5.41 Å². The Morgan fingerprint density at radius 1 is 1.44 bits per heavy atom. The first-order valence-electron chi connectivity index (χ1n) is 5.94. The second-order valence-corrected chi connectivity index (χ2v) is 7.99. The summed E-state index contributed by atoms with van der Waals surface area (Å²) in [5, 5.41) is 2.78. The van der Waals surface area contributed by atoms with Gasteiger partial charge in [-0.1, -0.05) is 26.3 Å². The summed E-state index contributed by atoms with van der Waals surface area (Å²) in [5.74, 6) is 0.103. The van der Waals surface area contributed by atoms with Crippen molar-refractivity contribution in [2.45, 2.75) is 40.3 Å². The highest BCUT2D eigenvalue weighted by Gasteiger charge is 2.29. The van der Waals surface area contributed by atoms with Crippen LogP contribution in [0.1, 0.15) is 27.2 Å². The van der Waals surface area contributed by atoms with Gasteiger partial charge < -0.3 is 9.74 Å². The molecular formula is C12H23NO2Si. The third-order valence-corrected chi connectivity index (χ3v) is 3.68. The topological polar surface area (TPSA) is 38.3 Å². The second kappa shape index (κ2) is 5.14. The van der Waals surface area contributed by atoms with Crippen molar-refractivity contribution in [1.29, 1.82) is 0 Å². The summed E-state index contributed by atoms with van der Waals surface area (Å²) in [6, 6.07) is 0. The largest absolute Gasteiger partial charge is 0.420 e. The number of rotatable bonds is 4. The number of carbonyl (C=O) groups is 1. The molecule has 1 amide bonds. The van der Waals surface area contributed by atoms with Gasteiger partial charge in [0.2, 0.25) is 5.91 Å². The van der Waals surface area contributed by atoms with E-state index in [0.29, 0.717) is 0 Å². The van der Waals surface area contributed by atoms with Crippen LogP contribution >= 0.6 is 0 Å². The molecule has 0 aromatic heterocycles. The maximum atomic E-state index is 11.4. The minimum Gasteiger partial charge on any atom is -0.420 e. The highest BCUT2D eigenvalue weighted by atomic mass is 28.3. The van der Waals surface area contributed by atoms with Gasteiger partial charge in [-0.2, -0.15) is 0 Å². The van der Waals surface area contributed by atoms with Crippen molar-refractivity contribution in [1.82, 2.24) is 5.32 Å². The van der Waals surface area contributed by atoms with Gasteiger partial charge in [0.15, 0.2) is 9.04 Å². The molecule has 0 bridgehead atoms. The van der Waals surface area contributed by atoms with Gasteiger partial charge in [0.25, 0.3) is 0 Å². The lowest BCUT2D eigenvalue weighted by Crippen LogP contribution is -2.43. The smallest absolute Gasteiger partial charge is 0.249 e. The van der Waals surface area contributed by atoms with Crippen LogP contribution in [0.15, 0.2) is 11.1 Å². The summed E-state index contributed by atoms with van der Waals surface area (Å²) in [5.41, 5.74) is 2.29. The average Bonchev–Trinajstić information content (AvgIpc) is 2.11. The first kappa shape index (κ1) is 13.5. The molecule has 0 saturated carbocycles. The molecule has 1 rings (SSSR count). The highest BCUT2D eigenvalue weighted by Crippen LogP contribution is 2.32. The van der Waals surface area contributed by atoms with E-state index in [0.717, 1.165) is 25.1 Å². The number of carbonyl (C=O) groups excluding carboxylic acids is 1. The number of β-lactam (4-membered cyclic amide) rings is 1. The van der Waals surface area contributed by atoms with E-state index in [9.17, 15) is 4.79 Å². The fourth-order valence-electron chi connectivity index (χ4n) is 1.87. The number of hydrogen-bond donors (Lipinski definition) is 1. The molecule has 1 N–H and O–H groups in total. The van der Waals surface area contributed by atoms with Gasteiger partial charge in [0.1, 0.15) is 0 Å². The van der Waals surface area contributed by atoms with Crippen molar-refractivity contribution in [2.75, 3.05) is 13.2 Å². The lowest BCUT2D eigenvalue weighted by atomic mass is 9.80. The Bertz CT molecular complexity index is 303. The summed E-state index contributed by atoms with van der Waals surface area (Å²) < 4.78 is 5.69. The van der Waals surface area contributed by atoms with Crippen molar-refractivity contribution in [3.05, 3.63) is 11.1 Å². The van der Waals surface area contributed by atoms with Crippen LogP contribution in [-0.4, -0.2) is 28.1 Å². The van der Waals surface area contributed by atoms with Crippen LogP contribution in [0.5, 0.6) is 0 Å². The zero-order valence-corrected chi connectivity index (χ0v) is 12.2. The molecule has 92 valence electrons. The van der Waals surface area contributed by atoms with Gasteiger partial charge in [0, 0.05) is 18.7 Å².